The van der Waals surface area contributed by atoms with Crippen LogP contribution in [0.3, 0.4) is 0 Å². The van der Waals surface area contributed by atoms with Crippen molar-refractivity contribution >= 4 is 46.0 Å². The lowest BCUT2D eigenvalue weighted by Crippen LogP contribution is -2.26. The van der Waals surface area contributed by atoms with Gasteiger partial charge in [0.2, 0.25) is 5.95 Å². The molecule has 1 aliphatic rings. The zero-order valence-corrected chi connectivity index (χ0v) is 19.2. The molecular weight excluding hydrogens is 464 g/mol. The molecule has 170 valence electrons. The van der Waals surface area contributed by atoms with Crippen molar-refractivity contribution in [3.63, 3.8) is 0 Å². The molecule has 3 heterocycles. The van der Waals surface area contributed by atoms with Gasteiger partial charge in [-0.25, -0.2) is 14.1 Å². The van der Waals surface area contributed by atoms with Gasteiger partial charge in [-0.2, -0.15) is 4.98 Å². The van der Waals surface area contributed by atoms with Crippen molar-refractivity contribution in [2.75, 3.05) is 37.2 Å². The molecule has 0 unspecified atom stereocenters. The van der Waals surface area contributed by atoms with Gasteiger partial charge in [0.05, 0.1) is 26.8 Å². The number of nitrogens with one attached hydrogen (secondary N) is 1. The van der Waals surface area contributed by atoms with Gasteiger partial charge >= 0.3 is 0 Å². The minimum Gasteiger partial charge on any atom is -0.383 e. The molecule has 0 atom stereocenters. The average Bonchev–Trinajstić information content (AvgIpc) is 3.44. The predicted molar refractivity (Wildman–Crippen MR) is 131 cm³/mol. The Labute approximate surface area is 200 Å². The van der Waals surface area contributed by atoms with E-state index in [0.29, 0.717) is 51.3 Å². The summed E-state index contributed by atoms with van der Waals surface area (Å²) in [6, 6.07) is 11.7. The van der Waals surface area contributed by atoms with E-state index in [-0.39, 0.29) is 5.02 Å². The van der Waals surface area contributed by atoms with Crippen LogP contribution < -0.4 is 11.1 Å². The van der Waals surface area contributed by atoms with Gasteiger partial charge in [0, 0.05) is 18.7 Å². The molecule has 1 fully saturated rings. The van der Waals surface area contributed by atoms with Crippen LogP contribution in [0.25, 0.3) is 28.0 Å². The van der Waals surface area contributed by atoms with E-state index in [1.807, 2.05) is 18.2 Å². The van der Waals surface area contributed by atoms with Crippen molar-refractivity contribution in [3.8, 4) is 16.9 Å². The number of hydrogen-bond donors (Lipinski definition) is 2. The number of nitrogen functional groups attached to an aromatic ring is 1. The Morgan fingerprint density at radius 3 is 2.58 bits per heavy atom. The number of para-hydroxylation sites is 1. The summed E-state index contributed by atoms with van der Waals surface area (Å²) in [5, 5.41) is 8.95. The molecule has 5 rings (SSSR count). The van der Waals surface area contributed by atoms with E-state index < -0.39 is 5.82 Å². The molecule has 33 heavy (non-hydrogen) atoms. The number of hydrogen-bond acceptors (Lipinski definition) is 6. The predicted octanol–water partition coefficient (Wildman–Crippen LogP) is 5.02. The Kier molecular flexibility index (Phi) is 6.05. The second kappa shape index (κ2) is 9.13. The fourth-order valence-corrected chi connectivity index (χ4v) is 4.48. The molecular formula is C23H22Cl2FN7. The molecule has 0 spiro atoms. The normalized spacial score (nSPS) is 14.3. The molecule has 3 N–H and O–H groups in total. The van der Waals surface area contributed by atoms with Crippen LogP contribution in [-0.4, -0.2) is 50.8 Å². The van der Waals surface area contributed by atoms with Gasteiger partial charge in [0.25, 0.3) is 0 Å². The zero-order chi connectivity index (χ0) is 22.9. The maximum atomic E-state index is 13.8. The van der Waals surface area contributed by atoms with Gasteiger partial charge in [-0.15, -0.1) is 5.10 Å². The highest BCUT2D eigenvalue weighted by Gasteiger charge is 2.21. The van der Waals surface area contributed by atoms with Crippen molar-refractivity contribution in [3.05, 3.63) is 58.3 Å². The molecule has 2 aromatic heterocycles. The fourth-order valence-electron chi connectivity index (χ4n) is 4.08. The van der Waals surface area contributed by atoms with Crippen LogP contribution in [0.1, 0.15) is 12.8 Å². The van der Waals surface area contributed by atoms with E-state index in [9.17, 15) is 4.39 Å². The number of nitrogens with zero attached hydrogens (tertiary/aromatic N) is 5. The molecule has 0 aliphatic carbocycles. The summed E-state index contributed by atoms with van der Waals surface area (Å²) in [7, 11) is 0. The first kappa shape index (κ1) is 21.9. The maximum Gasteiger partial charge on any atom is 0.225 e. The van der Waals surface area contributed by atoms with E-state index in [1.165, 1.54) is 25.0 Å². The third-order valence-corrected chi connectivity index (χ3v) is 6.36. The average molecular weight is 486 g/mol. The Morgan fingerprint density at radius 1 is 1.03 bits per heavy atom. The second-order valence-electron chi connectivity index (χ2n) is 7.95. The highest BCUT2D eigenvalue weighted by molar-refractivity contribution is 6.32. The zero-order valence-electron chi connectivity index (χ0n) is 17.7. The van der Waals surface area contributed by atoms with Gasteiger partial charge in [-0.05, 0) is 56.3 Å². The highest BCUT2D eigenvalue weighted by atomic mass is 35.5. The topological polar surface area (TPSA) is 84.9 Å². The summed E-state index contributed by atoms with van der Waals surface area (Å²) in [5.41, 5.74) is 8.66. The molecule has 0 amide bonds. The Bertz CT molecular complexity index is 1320. The molecule has 0 saturated carbocycles. The number of anilines is 2. The fraction of sp³-hybridized carbons (Fsp3) is 0.261. The van der Waals surface area contributed by atoms with E-state index in [2.05, 4.69) is 20.3 Å². The number of benzene rings is 2. The summed E-state index contributed by atoms with van der Waals surface area (Å²) in [5.74, 6) is 0.243. The lowest BCUT2D eigenvalue weighted by atomic mass is 10.1. The molecule has 10 heteroatoms. The van der Waals surface area contributed by atoms with Crippen molar-refractivity contribution in [1.82, 2.24) is 24.6 Å². The lowest BCUT2D eigenvalue weighted by Gasteiger charge is -2.15. The van der Waals surface area contributed by atoms with Crippen LogP contribution in [0.4, 0.5) is 16.2 Å². The minimum atomic E-state index is -0.505. The van der Waals surface area contributed by atoms with Crippen molar-refractivity contribution in [2.24, 2.45) is 0 Å². The summed E-state index contributed by atoms with van der Waals surface area (Å²) in [4.78, 5) is 11.7. The third-order valence-electron chi connectivity index (χ3n) is 5.75. The van der Waals surface area contributed by atoms with Gasteiger partial charge in [0.15, 0.2) is 5.65 Å². The van der Waals surface area contributed by atoms with E-state index >= 15 is 0 Å². The van der Waals surface area contributed by atoms with Gasteiger partial charge in [-0.1, -0.05) is 35.3 Å². The molecule has 4 aromatic rings. The Morgan fingerprint density at radius 2 is 1.82 bits per heavy atom. The standard InChI is InChI=1S/C23H22Cl2FN7/c24-15-5-1-2-6-18(15)33-21(27)19-20(14-7-8-17(26)16(25)13-14)29-23(30-22(19)31-33)28-9-12-32-10-3-4-11-32/h1-2,5-8,13H,3-4,9-12,27H2,(H,28,30,31). The largest absolute Gasteiger partial charge is 0.383 e. The van der Waals surface area contributed by atoms with Crippen molar-refractivity contribution < 1.29 is 4.39 Å². The Hall–Kier alpha value is -2.94. The summed E-state index contributed by atoms with van der Waals surface area (Å²) in [6.45, 7) is 3.81. The second-order valence-corrected chi connectivity index (χ2v) is 8.76. The number of aromatic nitrogens is 4. The van der Waals surface area contributed by atoms with Gasteiger partial charge in [-0.3, -0.25) is 0 Å². The first-order valence-corrected chi connectivity index (χ1v) is 11.5. The maximum absolute atomic E-state index is 13.8. The monoisotopic (exact) mass is 485 g/mol. The van der Waals surface area contributed by atoms with E-state index in [0.717, 1.165) is 19.6 Å². The van der Waals surface area contributed by atoms with Crippen LogP contribution in [0.5, 0.6) is 0 Å². The lowest BCUT2D eigenvalue weighted by molar-refractivity contribution is 0.352. The Balaban J connectivity index is 1.60. The molecule has 2 aromatic carbocycles. The molecule has 7 nitrogen and oxygen atoms in total. The summed E-state index contributed by atoms with van der Waals surface area (Å²) < 4.78 is 15.4. The molecule has 0 radical (unpaired) electrons. The van der Waals surface area contributed by atoms with Gasteiger partial charge < -0.3 is 16.0 Å². The number of rotatable bonds is 6. The minimum absolute atomic E-state index is 0.000119. The number of fused-ring (bicyclic) bond motifs is 1. The number of likely N-dealkylation sites (tertiary alicyclic amines) is 1. The highest BCUT2D eigenvalue weighted by Crippen LogP contribution is 2.35. The van der Waals surface area contributed by atoms with Crippen LogP contribution in [0.15, 0.2) is 42.5 Å². The van der Waals surface area contributed by atoms with Crippen LogP contribution in [0, 0.1) is 5.82 Å². The summed E-state index contributed by atoms with van der Waals surface area (Å²) >= 11 is 12.5. The van der Waals surface area contributed by atoms with Gasteiger partial charge in [0.1, 0.15) is 11.6 Å². The quantitative estimate of drug-likeness (QED) is 0.398. The first-order valence-electron chi connectivity index (χ1n) is 10.7. The first-order chi connectivity index (χ1) is 16.0. The van der Waals surface area contributed by atoms with E-state index in [4.69, 9.17) is 33.9 Å². The summed E-state index contributed by atoms with van der Waals surface area (Å²) in [6.07, 6.45) is 2.47. The van der Waals surface area contributed by atoms with Crippen LogP contribution >= 0.6 is 23.2 Å². The van der Waals surface area contributed by atoms with Crippen LogP contribution in [0.2, 0.25) is 10.0 Å². The SMILES string of the molecule is Nc1c2c(-c3ccc(F)c(Cl)c3)nc(NCCN3CCCC3)nc2nn1-c1ccccc1Cl. The molecule has 1 aliphatic heterocycles. The molecule has 0 bridgehead atoms. The molecule has 1 saturated heterocycles. The number of nitrogens with two attached hydrogens (primary N) is 1. The van der Waals surface area contributed by atoms with Crippen LogP contribution in [-0.2, 0) is 0 Å². The van der Waals surface area contributed by atoms with E-state index in [1.54, 1.807) is 16.8 Å². The number of halogens is 3. The smallest absolute Gasteiger partial charge is 0.225 e. The van der Waals surface area contributed by atoms with Crippen molar-refractivity contribution in [1.29, 1.82) is 0 Å². The third kappa shape index (κ3) is 4.34. The van der Waals surface area contributed by atoms with Crippen molar-refractivity contribution in [2.45, 2.75) is 12.8 Å².